The molecule has 0 aromatic heterocycles. The molecule has 2 saturated carbocycles. The van der Waals surface area contributed by atoms with Gasteiger partial charge in [-0.2, -0.15) is 0 Å². The quantitative estimate of drug-likeness (QED) is 0.469. The van der Waals surface area contributed by atoms with Crippen molar-refractivity contribution in [2.75, 3.05) is 0 Å². The maximum atomic E-state index is 10.3. The molecule has 0 N–H and O–H groups in total. The van der Waals surface area contributed by atoms with Crippen molar-refractivity contribution in [3.63, 3.8) is 0 Å². The summed E-state index contributed by atoms with van der Waals surface area (Å²) in [4.78, 5) is 10.3. The molecule has 2 unspecified atom stereocenters. The molecule has 2 rings (SSSR count). The second-order valence-electron chi connectivity index (χ2n) is 4.99. The first kappa shape index (κ1) is 8.98. The van der Waals surface area contributed by atoms with Gasteiger partial charge in [0.15, 0.2) is 0 Å². The van der Waals surface area contributed by atoms with Gasteiger partial charge in [0, 0.05) is 6.42 Å². The Kier molecular flexibility index (Phi) is 2.05. The molecule has 0 aromatic rings. The molecular weight excluding hydrogens is 160 g/mol. The Morgan fingerprint density at radius 3 is 2.77 bits per heavy atom. The van der Waals surface area contributed by atoms with Crippen LogP contribution in [-0.4, -0.2) is 6.29 Å². The van der Waals surface area contributed by atoms with E-state index in [0.717, 1.165) is 18.1 Å². The van der Waals surface area contributed by atoms with E-state index in [0.29, 0.717) is 11.8 Å². The molecule has 2 fully saturated rings. The average Bonchev–Trinajstić information content (AvgIpc) is 2.60. The van der Waals surface area contributed by atoms with Gasteiger partial charge in [0.25, 0.3) is 0 Å². The molecule has 1 nitrogen and oxygen atoms in total. The Bertz CT molecular complexity index is 250. The fourth-order valence-electron chi connectivity index (χ4n) is 3.29. The molecule has 0 spiro atoms. The van der Waals surface area contributed by atoms with Gasteiger partial charge in [0.05, 0.1) is 0 Å². The number of carbonyl (C=O) groups is 1. The van der Waals surface area contributed by atoms with Gasteiger partial charge in [0.1, 0.15) is 6.29 Å². The number of rotatable bonds is 2. The third-order valence-electron chi connectivity index (χ3n) is 4.07. The summed E-state index contributed by atoms with van der Waals surface area (Å²) >= 11 is 0. The Hall–Kier alpha value is -0.590. The van der Waals surface area contributed by atoms with Gasteiger partial charge >= 0.3 is 0 Å². The SMILES string of the molecule is CC1(C)/C(=C\CC=O)C2CCC1C2. The highest BCUT2D eigenvalue weighted by molar-refractivity contribution is 5.52. The zero-order chi connectivity index (χ0) is 9.47. The van der Waals surface area contributed by atoms with E-state index in [4.69, 9.17) is 0 Å². The lowest BCUT2D eigenvalue weighted by Crippen LogP contribution is -2.22. The van der Waals surface area contributed by atoms with Crippen LogP contribution in [0.1, 0.15) is 39.5 Å². The zero-order valence-corrected chi connectivity index (χ0v) is 8.55. The fraction of sp³-hybridized carbons (Fsp3) is 0.750. The normalized spacial score (nSPS) is 38.5. The van der Waals surface area contributed by atoms with Gasteiger partial charge in [-0.15, -0.1) is 0 Å². The Balaban J connectivity index is 2.23. The fourth-order valence-corrected chi connectivity index (χ4v) is 3.29. The standard InChI is InChI=1S/C12H18O/c1-12(2)10-6-5-9(8-10)11(12)4-3-7-13/h4,7,9-10H,3,5-6,8H2,1-2H3/b11-4-. The van der Waals surface area contributed by atoms with Crippen LogP contribution < -0.4 is 0 Å². The van der Waals surface area contributed by atoms with E-state index < -0.39 is 0 Å². The third kappa shape index (κ3) is 1.25. The van der Waals surface area contributed by atoms with Crippen molar-refractivity contribution >= 4 is 6.29 Å². The second kappa shape index (κ2) is 2.97. The first-order valence-electron chi connectivity index (χ1n) is 5.30. The van der Waals surface area contributed by atoms with E-state index in [2.05, 4.69) is 19.9 Å². The summed E-state index contributed by atoms with van der Waals surface area (Å²) in [7, 11) is 0. The van der Waals surface area contributed by atoms with Crippen molar-refractivity contribution in [3.05, 3.63) is 11.6 Å². The van der Waals surface area contributed by atoms with Crippen LogP contribution in [0.5, 0.6) is 0 Å². The molecule has 1 heteroatoms. The minimum Gasteiger partial charge on any atom is -0.303 e. The summed E-state index contributed by atoms with van der Waals surface area (Å²) in [5, 5.41) is 0. The average molecular weight is 178 g/mol. The predicted octanol–water partition coefficient (Wildman–Crippen LogP) is 2.96. The van der Waals surface area contributed by atoms with Crippen LogP contribution in [0.3, 0.4) is 0 Å². The number of carbonyl (C=O) groups excluding carboxylic acids is 1. The largest absolute Gasteiger partial charge is 0.303 e. The number of hydrogen-bond acceptors (Lipinski definition) is 1. The maximum Gasteiger partial charge on any atom is 0.123 e. The number of hydrogen-bond donors (Lipinski definition) is 0. The van der Waals surface area contributed by atoms with Gasteiger partial charge in [-0.3, -0.25) is 0 Å². The van der Waals surface area contributed by atoms with Crippen molar-refractivity contribution in [1.29, 1.82) is 0 Å². The molecule has 2 bridgehead atoms. The van der Waals surface area contributed by atoms with E-state index >= 15 is 0 Å². The van der Waals surface area contributed by atoms with Crippen LogP contribution in [0.4, 0.5) is 0 Å². The molecule has 0 heterocycles. The highest BCUT2D eigenvalue weighted by atomic mass is 16.1. The molecule has 0 radical (unpaired) electrons. The lowest BCUT2D eigenvalue weighted by molar-refractivity contribution is -0.107. The van der Waals surface area contributed by atoms with Crippen molar-refractivity contribution < 1.29 is 4.79 Å². The van der Waals surface area contributed by atoms with E-state index in [1.54, 1.807) is 5.57 Å². The Morgan fingerprint density at radius 2 is 2.23 bits per heavy atom. The number of allylic oxidation sites excluding steroid dienone is 2. The summed E-state index contributed by atoms with van der Waals surface area (Å²) in [5.74, 6) is 1.69. The van der Waals surface area contributed by atoms with E-state index in [-0.39, 0.29) is 0 Å². The molecular formula is C12H18O. The monoisotopic (exact) mass is 178 g/mol. The maximum absolute atomic E-state index is 10.3. The van der Waals surface area contributed by atoms with Gasteiger partial charge in [0.2, 0.25) is 0 Å². The summed E-state index contributed by atoms with van der Waals surface area (Å²) in [5.41, 5.74) is 1.95. The molecule has 2 atom stereocenters. The lowest BCUT2D eigenvalue weighted by Gasteiger charge is -2.32. The summed E-state index contributed by atoms with van der Waals surface area (Å²) in [6.45, 7) is 4.68. The van der Waals surface area contributed by atoms with Gasteiger partial charge < -0.3 is 4.79 Å². The first-order chi connectivity index (χ1) is 6.16. The summed E-state index contributed by atoms with van der Waals surface area (Å²) in [6, 6.07) is 0. The van der Waals surface area contributed by atoms with Gasteiger partial charge in [-0.1, -0.05) is 25.5 Å². The molecule has 72 valence electrons. The second-order valence-corrected chi connectivity index (χ2v) is 4.99. The van der Waals surface area contributed by atoms with Crippen molar-refractivity contribution in [3.8, 4) is 0 Å². The van der Waals surface area contributed by atoms with Crippen LogP contribution in [-0.2, 0) is 4.79 Å². The van der Waals surface area contributed by atoms with Crippen molar-refractivity contribution in [2.45, 2.75) is 39.5 Å². The molecule has 2 aliphatic rings. The molecule has 0 aromatic carbocycles. The van der Waals surface area contributed by atoms with E-state index in [1.807, 2.05) is 0 Å². The first-order valence-corrected chi connectivity index (χ1v) is 5.30. The summed E-state index contributed by atoms with van der Waals surface area (Å²) < 4.78 is 0. The Morgan fingerprint density at radius 1 is 1.46 bits per heavy atom. The topological polar surface area (TPSA) is 17.1 Å². The third-order valence-corrected chi connectivity index (χ3v) is 4.07. The van der Waals surface area contributed by atoms with E-state index in [9.17, 15) is 4.79 Å². The summed E-state index contributed by atoms with van der Waals surface area (Å²) in [6.07, 6.45) is 7.93. The molecule has 13 heavy (non-hydrogen) atoms. The smallest absolute Gasteiger partial charge is 0.123 e. The predicted molar refractivity (Wildman–Crippen MR) is 53.4 cm³/mol. The zero-order valence-electron chi connectivity index (χ0n) is 8.55. The van der Waals surface area contributed by atoms with Gasteiger partial charge in [-0.05, 0) is 36.5 Å². The van der Waals surface area contributed by atoms with Gasteiger partial charge in [-0.25, -0.2) is 0 Å². The van der Waals surface area contributed by atoms with E-state index in [1.165, 1.54) is 19.3 Å². The van der Waals surface area contributed by atoms with Crippen LogP contribution in [0, 0.1) is 17.3 Å². The molecule has 0 aliphatic heterocycles. The lowest BCUT2D eigenvalue weighted by atomic mass is 9.72. The Labute approximate surface area is 80.2 Å². The highest BCUT2D eigenvalue weighted by Crippen LogP contribution is 2.58. The van der Waals surface area contributed by atoms with Crippen molar-refractivity contribution in [1.82, 2.24) is 0 Å². The highest BCUT2D eigenvalue weighted by Gasteiger charge is 2.48. The van der Waals surface area contributed by atoms with Crippen LogP contribution in [0.2, 0.25) is 0 Å². The minimum absolute atomic E-state index is 0.381. The molecule has 2 aliphatic carbocycles. The van der Waals surface area contributed by atoms with Crippen LogP contribution in [0.15, 0.2) is 11.6 Å². The number of aldehydes is 1. The molecule has 0 amide bonds. The van der Waals surface area contributed by atoms with Crippen LogP contribution >= 0.6 is 0 Å². The minimum atomic E-state index is 0.381. The number of fused-ring (bicyclic) bond motifs is 2. The van der Waals surface area contributed by atoms with Crippen LogP contribution in [0.25, 0.3) is 0 Å². The van der Waals surface area contributed by atoms with Crippen molar-refractivity contribution in [2.24, 2.45) is 17.3 Å². The molecule has 0 saturated heterocycles.